The minimum atomic E-state index is -2.69. The highest BCUT2D eigenvalue weighted by Gasteiger charge is 2.39. The van der Waals surface area contributed by atoms with Crippen LogP contribution in [0.15, 0.2) is 24.4 Å². The summed E-state index contributed by atoms with van der Waals surface area (Å²) in [7, 11) is 1.64. The highest BCUT2D eigenvalue weighted by Crippen LogP contribution is 2.36. The second-order valence-electron chi connectivity index (χ2n) is 7.36. The minimum Gasteiger partial charge on any atom is -0.491 e. The van der Waals surface area contributed by atoms with Crippen LogP contribution in [0.25, 0.3) is 11.4 Å². The summed E-state index contributed by atoms with van der Waals surface area (Å²) in [5.74, 6) is 0.368. The second-order valence-corrected chi connectivity index (χ2v) is 7.36. The summed E-state index contributed by atoms with van der Waals surface area (Å²) in [5.41, 5.74) is 6.48. The van der Waals surface area contributed by atoms with Crippen LogP contribution in [0.5, 0.6) is 5.75 Å². The highest BCUT2D eigenvalue weighted by atomic mass is 19.3. The molecule has 1 atom stereocenters. The number of likely N-dealkylation sites (N-methyl/N-ethyl adjacent to an activating group) is 1. The molecule has 1 saturated heterocycles. The van der Waals surface area contributed by atoms with Crippen molar-refractivity contribution in [3.63, 3.8) is 0 Å². The number of rotatable bonds is 5. The number of primary amides is 1. The Kier molecular flexibility index (Phi) is 5.29. The van der Waals surface area contributed by atoms with Gasteiger partial charge in [-0.1, -0.05) is 0 Å². The fraction of sp³-hybridized carbons (Fsp3) is 0.421. The standard InChI is InChI=1S/C19H22F2N6O3/c1-25-8-13(18(20)21)27(17(29)10-25)16-9-26-4-5-30-14-6-11(23-7-15(22)28)2-3-12(14)19(26)24-16/h2-3,6,9,13,18,23H,4-5,7-8,10H2,1H3,(H2,22,28). The molecule has 11 heteroatoms. The van der Waals surface area contributed by atoms with E-state index in [9.17, 15) is 18.4 Å². The van der Waals surface area contributed by atoms with Crippen molar-refractivity contribution < 1.29 is 23.1 Å². The fourth-order valence-electron chi connectivity index (χ4n) is 3.73. The number of anilines is 2. The molecule has 2 amide bonds. The van der Waals surface area contributed by atoms with Gasteiger partial charge in [0, 0.05) is 24.5 Å². The number of halogens is 2. The van der Waals surface area contributed by atoms with E-state index in [0.717, 1.165) is 4.90 Å². The Labute approximate surface area is 171 Å². The van der Waals surface area contributed by atoms with Gasteiger partial charge in [0.1, 0.15) is 24.2 Å². The number of imidazole rings is 1. The maximum absolute atomic E-state index is 13.6. The first-order valence-corrected chi connectivity index (χ1v) is 9.49. The van der Waals surface area contributed by atoms with Crippen molar-refractivity contribution in [3.05, 3.63) is 24.4 Å². The second kappa shape index (κ2) is 7.90. The molecule has 1 unspecified atom stereocenters. The van der Waals surface area contributed by atoms with Crippen LogP contribution in [0.4, 0.5) is 20.3 Å². The number of nitrogens with two attached hydrogens (primary N) is 1. The van der Waals surface area contributed by atoms with Crippen molar-refractivity contribution in [1.29, 1.82) is 0 Å². The van der Waals surface area contributed by atoms with Crippen LogP contribution in [0.1, 0.15) is 0 Å². The smallest absolute Gasteiger partial charge is 0.260 e. The van der Waals surface area contributed by atoms with Gasteiger partial charge in [-0.3, -0.25) is 19.4 Å². The number of hydrogen-bond acceptors (Lipinski definition) is 6. The van der Waals surface area contributed by atoms with Gasteiger partial charge in [-0.15, -0.1) is 0 Å². The van der Waals surface area contributed by atoms with Crippen molar-refractivity contribution in [1.82, 2.24) is 14.5 Å². The predicted octanol–water partition coefficient (Wildman–Crippen LogP) is 0.752. The minimum absolute atomic E-state index is 0.0158. The van der Waals surface area contributed by atoms with Gasteiger partial charge in [-0.25, -0.2) is 13.8 Å². The summed E-state index contributed by atoms with van der Waals surface area (Å²) in [5, 5.41) is 2.90. The third-order valence-corrected chi connectivity index (χ3v) is 5.08. The lowest BCUT2D eigenvalue weighted by Gasteiger charge is -2.37. The number of carbonyl (C=O) groups excluding carboxylic acids is 2. The topological polar surface area (TPSA) is 106 Å². The Morgan fingerprint density at radius 2 is 2.23 bits per heavy atom. The summed E-state index contributed by atoms with van der Waals surface area (Å²) < 4.78 is 34.9. The van der Waals surface area contributed by atoms with Crippen LogP contribution in [0.2, 0.25) is 0 Å². The Morgan fingerprint density at radius 1 is 1.43 bits per heavy atom. The van der Waals surface area contributed by atoms with Gasteiger partial charge in [0.25, 0.3) is 6.43 Å². The first kappa shape index (κ1) is 20.1. The number of alkyl halides is 2. The van der Waals surface area contributed by atoms with Gasteiger partial charge in [-0.05, 0) is 19.2 Å². The quantitative estimate of drug-likeness (QED) is 0.740. The van der Waals surface area contributed by atoms with Crippen LogP contribution >= 0.6 is 0 Å². The van der Waals surface area contributed by atoms with E-state index in [-0.39, 0.29) is 25.5 Å². The molecule has 0 aliphatic carbocycles. The fourth-order valence-corrected chi connectivity index (χ4v) is 3.73. The summed E-state index contributed by atoms with van der Waals surface area (Å²) in [6.45, 7) is 0.894. The van der Waals surface area contributed by atoms with E-state index in [4.69, 9.17) is 10.5 Å². The molecule has 2 aliphatic heterocycles. The zero-order chi connectivity index (χ0) is 21.4. The van der Waals surface area contributed by atoms with Crippen molar-refractivity contribution >= 4 is 23.3 Å². The zero-order valence-corrected chi connectivity index (χ0v) is 16.3. The van der Waals surface area contributed by atoms with E-state index < -0.39 is 24.3 Å². The van der Waals surface area contributed by atoms with Crippen molar-refractivity contribution in [3.8, 4) is 17.1 Å². The van der Waals surface area contributed by atoms with Crippen molar-refractivity contribution in [2.75, 3.05) is 43.5 Å². The molecule has 1 fully saturated rings. The SMILES string of the molecule is CN1CC(=O)N(c2cn3c(n2)-c2ccc(NCC(N)=O)cc2OCC3)C(C(F)F)C1. The van der Waals surface area contributed by atoms with Crippen LogP contribution in [-0.2, 0) is 16.1 Å². The normalized spacial score (nSPS) is 19.1. The van der Waals surface area contributed by atoms with Gasteiger partial charge in [0.15, 0.2) is 5.82 Å². The monoisotopic (exact) mass is 420 g/mol. The van der Waals surface area contributed by atoms with E-state index in [1.54, 1.807) is 40.9 Å². The van der Waals surface area contributed by atoms with Crippen LogP contribution in [0.3, 0.4) is 0 Å². The molecule has 0 bridgehead atoms. The lowest BCUT2D eigenvalue weighted by molar-refractivity contribution is -0.123. The first-order chi connectivity index (χ1) is 14.3. The Hall–Kier alpha value is -3.21. The Morgan fingerprint density at radius 3 is 2.97 bits per heavy atom. The van der Waals surface area contributed by atoms with E-state index in [2.05, 4.69) is 10.3 Å². The number of piperazine rings is 1. The molecule has 3 N–H and O–H groups in total. The van der Waals surface area contributed by atoms with E-state index in [1.807, 2.05) is 0 Å². The molecular weight excluding hydrogens is 398 g/mol. The summed E-state index contributed by atoms with van der Waals surface area (Å²) in [6, 6.07) is 3.98. The molecule has 9 nitrogen and oxygen atoms in total. The Balaban J connectivity index is 1.69. The summed E-state index contributed by atoms with van der Waals surface area (Å²) in [4.78, 5) is 30.7. The third-order valence-electron chi connectivity index (χ3n) is 5.08. The molecule has 1 aromatic heterocycles. The number of ether oxygens (including phenoxy) is 1. The lowest BCUT2D eigenvalue weighted by atomic mass is 10.1. The number of hydrogen-bond donors (Lipinski definition) is 2. The summed E-state index contributed by atoms with van der Waals surface area (Å²) >= 11 is 0. The molecular formula is C19H22F2N6O3. The Bertz CT molecular complexity index is 979. The van der Waals surface area contributed by atoms with Crippen LogP contribution in [0, 0.1) is 0 Å². The number of nitrogens with zero attached hydrogens (tertiary/aromatic N) is 4. The van der Waals surface area contributed by atoms with E-state index >= 15 is 0 Å². The maximum Gasteiger partial charge on any atom is 0.260 e. The molecule has 0 radical (unpaired) electrons. The maximum atomic E-state index is 13.6. The lowest BCUT2D eigenvalue weighted by Crippen LogP contribution is -2.58. The third kappa shape index (κ3) is 3.80. The number of amides is 2. The van der Waals surface area contributed by atoms with Crippen LogP contribution in [-0.4, -0.2) is 72.0 Å². The van der Waals surface area contributed by atoms with Crippen molar-refractivity contribution in [2.24, 2.45) is 5.73 Å². The largest absolute Gasteiger partial charge is 0.491 e. The highest BCUT2D eigenvalue weighted by molar-refractivity contribution is 5.95. The number of fused-ring (bicyclic) bond motifs is 3. The molecule has 160 valence electrons. The molecule has 4 rings (SSSR count). The number of carbonyl (C=O) groups is 2. The molecule has 0 spiro atoms. The molecule has 2 aliphatic rings. The van der Waals surface area contributed by atoms with Crippen molar-refractivity contribution in [2.45, 2.75) is 19.0 Å². The molecule has 1 aromatic carbocycles. The van der Waals surface area contributed by atoms with E-state index in [0.29, 0.717) is 36.0 Å². The molecule has 30 heavy (non-hydrogen) atoms. The van der Waals surface area contributed by atoms with E-state index in [1.165, 1.54) is 0 Å². The molecule has 0 saturated carbocycles. The number of benzene rings is 1. The average molecular weight is 420 g/mol. The zero-order valence-electron chi connectivity index (χ0n) is 16.3. The van der Waals surface area contributed by atoms with Gasteiger partial charge in [-0.2, -0.15) is 0 Å². The van der Waals surface area contributed by atoms with Gasteiger partial charge in [0.05, 0.1) is 25.2 Å². The summed E-state index contributed by atoms with van der Waals surface area (Å²) in [6.07, 6.45) is -1.07. The van der Waals surface area contributed by atoms with Gasteiger partial charge >= 0.3 is 0 Å². The first-order valence-electron chi connectivity index (χ1n) is 9.49. The predicted molar refractivity (Wildman–Crippen MR) is 106 cm³/mol. The number of aromatic nitrogens is 2. The molecule has 2 aromatic rings. The van der Waals surface area contributed by atoms with Gasteiger partial charge in [0.2, 0.25) is 11.8 Å². The molecule has 3 heterocycles. The van der Waals surface area contributed by atoms with Gasteiger partial charge < -0.3 is 20.4 Å². The number of nitrogens with one attached hydrogen (secondary N) is 1. The van der Waals surface area contributed by atoms with Crippen LogP contribution < -0.4 is 20.7 Å². The average Bonchev–Trinajstić information content (AvgIpc) is 3.01.